The number of amides is 1. The van der Waals surface area contributed by atoms with Gasteiger partial charge in [0.15, 0.2) is 0 Å². The number of carbonyl (C=O) groups excluding carboxylic acids is 2. The number of nitrogens with zero attached hydrogens (tertiary/aromatic N) is 3. The number of carbonyl (C=O) groups is 2. The van der Waals surface area contributed by atoms with E-state index in [9.17, 15) is 14.7 Å². The summed E-state index contributed by atoms with van der Waals surface area (Å²) in [5.74, 6) is -1.07. The number of likely N-dealkylation sites (N-methyl/N-ethyl adjacent to an activating group) is 1. The molecule has 3 rings (SSSR count). The smallest absolute Gasteiger partial charge is 0.295 e. The Kier molecular flexibility index (Phi) is 7.48. The number of aliphatic hydroxyl groups excluding tert-OH is 1. The molecule has 1 unspecified atom stereocenters. The minimum Gasteiger partial charge on any atom is -0.506 e. The van der Waals surface area contributed by atoms with Gasteiger partial charge < -0.3 is 24.4 Å². The van der Waals surface area contributed by atoms with Gasteiger partial charge in [-0.2, -0.15) is 0 Å². The van der Waals surface area contributed by atoms with Gasteiger partial charge in [-0.15, -0.1) is 0 Å². The molecule has 1 aromatic carbocycles. The van der Waals surface area contributed by atoms with Crippen LogP contribution in [0.1, 0.15) is 31.0 Å². The summed E-state index contributed by atoms with van der Waals surface area (Å²) in [4.78, 5) is 34.1. The third-order valence-electron chi connectivity index (χ3n) is 5.76. The third-order valence-corrected chi connectivity index (χ3v) is 5.76. The van der Waals surface area contributed by atoms with Crippen molar-refractivity contribution in [2.24, 2.45) is 0 Å². The Hall–Kier alpha value is -3.39. The molecule has 0 saturated carbocycles. The van der Waals surface area contributed by atoms with Crippen molar-refractivity contribution < 1.29 is 24.2 Å². The molecule has 2 heterocycles. The highest BCUT2D eigenvalue weighted by Crippen LogP contribution is 2.43. The van der Waals surface area contributed by atoms with Gasteiger partial charge in [0.1, 0.15) is 22.8 Å². The zero-order valence-electron chi connectivity index (χ0n) is 18.9. The first-order valence-corrected chi connectivity index (χ1v) is 10.6. The molecule has 8 heteroatoms. The maximum atomic E-state index is 13.2. The molecule has 1 aromatic heterocycles. The maximum absolute atomic E-state index is 13.2. The van der Waals surface area contributed by atoms with Gasteiger partial charge in [0.2, 0.25) is 0 Å². The molecule has 0 spiro atoms. The predicted octanol–water partition coefficient (Wildman–Crippen LogP) is 2.86. The van der Waals surface area contributed by atoms with Crippen molar-refractivity contribution in [2.45, 2.75) is 19.9 Å². The van der Waals surface area contributed by atoms with Gasteiger partial charge in [-0.05, 0) is 36.9 Å². The van der Waals surface area contributed by atoms with Crippen molar-refractivity contribution in [1.29, 1.82) is 0 Å². The van der Waals surface area contributed by atoms with E-state index in [0.717, 1.165) is 13.1 Å². The summed E-state index contributed by atoms with van der Waals surface area (Å²) in [6.07, 6.45) is 3.22. The van der Waals surface area contributed by atoms with Crippen LogP contribution in [0.2, 0.25) is 0 Å². The predicted molar refractivity (Wildman–Crippen MR) is 121 cm³/mol. The van der Waals surface area contributed by atoms with E-state index in [1.807, 2.05) is 13.8 Å². The number of pyridine rings is 1. The fraction of sp³-hybridized carbons (Fsp3) is 0.375. The second kappa shape index (κ2) is 10.3. The highest BCUT2D eigenvalue weighted by molar-refractivity contribution is 6.46. The van der Waals surface area contributed by atoms with Crippen LogP contribution >= 0.6 is 0 Å². The monoisotopic (exact) mass is 439 g/mol. The second-order valence-corrected chi connectivity index (χ2v) is 7.34. The van der Waals surface area contributed by atoms with Crippen LogP contribution in [0.15, 0.2) is 48.3 Å². The number of benzene rings is 1. The van der Waals surface area contributed by atoms with Crippen LogP contribution in [-0.4, -0.2) is 72.0 Å². The first kappa shape index (κ1) is 23.3. The van der Waals surface area contributed by atoms with E-state index in [2.05, 4.69) is 9.88 Å². The topological polar surface area (TPSA) is 92.2 Å². The van der Waals surface area contributed by atoms with Crippen molar-refractivity contribution in [3.05, 3.63) is 59.4 Å². The number of ether oxygens (including phenoxy) is 2. The quantitative estimate of drug-likeness (QED) is 0.365. The average molecular weight is 440 g/mol. The van der Waals surface area contributed by atoms with E-state index >= 15 is 0 Å². The molecule has 1 atom stereocenters. The molecular formula is C24H29N3O5. The zero-order valence-corrected chi connectivity index (χ0v) is 18.9. The highest BCUT2D eigenvalue weighted by Gasteiger charge is 2.46. The molecule has 1 amide bonds. The Bertz CT molecular complexity index is 980. The molecule has 2 aromatic rings. The molecule has 0 aliphatic carbocycles. The van der Waals surface area contributed by atoms with Crippen LogP contribution in [0.3, 0.4) is 0 Å². The van der Waals surface area contributed by atoms with E-state index in [0.29, 0.717) is 30.2 Å². The first-order chi connectivity index (χ1) is 15.5. The standard InChI is InChI=1S/C24H29N3O5/c1-5-26(6-2)13-14-27-21(16-9-8-12-25-15-16)20(23(29)24(27)30)22(28)19-17(31-3)10-7-11-18(19)32-4/h7-12,15,21,28H,5-6,13-14H2,1-4H3/b22-20+. The van der Waals surface area contributed by atoms with E-state index < -0.39 is 17.7 Å². The van der Waals surface area contributed by atoms with Gasteiger partial charge in [0, 0.05) is 25.5 Å². The summed E-state index contributed by atoms with van der Waals surface area (Å²) in [7, 11) is 2.93. The second-order valence-electron chi connectivity index (χ2n) is 7.34. The van der Waals surface area contributed by atoms with Crippen molar-refractivity contribution in [3.8, 4) is 11.5 Å². The van der Waals surface area contributed by atoms with Crippen LogP contribution in [0, 0.1) is 0 Å². The van der Waals surface area contributed by atoms with Crippen molar-refractivity contribution in [1.82, 2.24) is 14.8 Å². The lowest BCUT2D eigenvalue weighted by Gasteiger charge is -2.28. The van der Waals surface area contributed by atoms with Gasteiger partial charge in [0.05, 0.1) is 25.8 Å². The fourth-order valence-electron chi connectivity index (χ4n) is 4.00. The van der Waals surface area contributed by atoms with Gasteiger partial charge in [0.25, 0.3) is 11.7 Å². The first-order valence-electron chi connectivity index (χ1n) is 10.6. The van der Waals surface area contributed by atoms with Crippen molar-refractivity contribution in [2.75, 3.05) is 40.4 Å². The van der Waals surface area contributed by atoms with Crippen LogP contribution < -0.4 is 9.47 Å². The van der Waals surface area contributed by atoms with Crippen molar-refractivity contribution >= 4 is 17.4 Å². The molecule has 170 valence electrons. The number of aliphatic hydroxyl groups is 1. The molecular weight excluding hydrogens is 410 g/mol. The van der Waals surface area contributed by atoms with Crippen LogP contribution in [0.4, 0.5) is 0 Å². The number of hydrogen-bond donors (Lipinski definition) is 1. The molecule has 1 aliphatic rings. The Morgan fingerprint density at radius 1 is 1.09 bits per heavy atom. The summed E-state index contributed by atoms with van der Waals surface area (Å²) >= 11 is 0. The van der Waals surface area contributed by atoms with Crippen LogP contribution in [-0.2, 0) is 9.59 Å². The number of methoxy groups -OCH3 is 2. The SMILES string of the molecule is CCN(CC)CCN1C(=O)C(=O)/C(=C(/O)c2c(OC)cccc2OC)C1c1cccnc1. The summed E-state index contributed by atoms with van der Waals surface area (Å²) in [5, 5.41) is 11.3. The number of rotatable bonds is 9. The Morgan fingerprint density at radius 3 is 2.28 bits per heavy atom. The summed E-state index contributed by atoms with van der Waals surface area (Å²) in [6.45, 7) is 6.70. The van der Waals surface area contributed by atoms with Gasteiger partial charge >= 0.3 is 0 Å². The number of ketones is 1. The Morgan fingerprint density at radius 2 is 1.75 bits per heavy atom. The zero-order chi connectivity index (χ0) is 23.3. The lowest BCUT2D eigenvalue weighted by Crippen LogP contribution is -2.38. The molecule has 1 N–H and O–H groups in total. The van der Waals surface area contributed by atoms with E-state index in [-0.39, 0.29) is 16.9 Å². The van der Waals surface area contributed by atoms with Gasteiger partial charge in [-0.25, -0.2) is 0 Å². The van der Waals surface area contributed by atoms with Crippen LogP contribution in [0.5, 0.6) is 11.5 Å². The van der Waals surface area contributed by atoms with Gasteiger partial charge in [-0.1, -0.05) is 26.0 Å². The third kappa shape index (κ3) is 4.31. The molecule has 1 saturated heterocycles. The summed E-state index contributed by atoms with van der Waals surface area (Å²) in [5.41, 5.74) is 0.861. The minimum atomic E-state index is -0.770. The Balaban J connectivity index is 2.17. The minimum absolute atomic E-state index is 0.00894. The molecule has 8 nitrogen and oxygen atoms in total. The average Bonchev–Trinajstić information content (AvgIpc) is 3.09. The molecule has 0 radical (unpaired) electrons. The van der Waals surface area contributed by atoms with Gasteiger partial charge in [-0.3, -0.25) is 14.6 Å². The normalized spacial score (nSPS) is 17.8. The lowest BCUT2D eigenvalue weighted by atomic mass is 9.95. The number of Topliss-reactive ketones (excluding diaryl/α,β-unsaturated/α-hetero) is 1. The summed E-state index contributed by atoms with van der Waals surface area (Å²) < 4.78 is 10.8. The highest BCUT2D eigenvalue weighted by atomic mass is 16.5. The Labute approximate surface area is 188 Å². The fourth-order valence-corrected chi connectivity index (χ4v) is 4.00. The van der Waals surface area contributed by atoms with E-state index in [4.69, 9.17) is 9.47 Å². The van der Waals surface area contributed by atoms with E-state index in [1.165, 1.54) is 19.1 Å². The lowest BCUT2D eigenvalue weighted by molar-refractivity contribution is -0.140. The molecule has 32 heavy (non-hydrogen) atoms. The number of aromatic nitrogens is 1. The largest absolute Gasteiger partial charge is 0.506 e. The van der Waals surface area contributed by atoms with Crippen molar-refractivity contribution in [3.63, 3.8) is 0 Å². The molecule has 1 aliphatic heterocycles. The molecule has 1 fully saturated rings. The van der Waals surface area contributed by atoms with Crippen LogP contribution in [0.25, 0.3) is 5.76 Å². The van der Waals surface area contributed by atoms with E-state index in [1.54, 1.807) is 42.7 Å². The molecule has 0 bridgehead atoms. The number of likely N-dealkylation sites (tertiary alicyclic amines) is 1. The summed E-state index contributed by atoms with van der Waals surface area (Å²) in [6, 6.07) is 7.80. The number of hydrogen-bond acceptors (Lipinski definition) is 7. The maximum Gasteiger partial charge on any atom is 0.295 e.